The highest BCUT2D eigenvalue weighted by molar-refractivity contribution is 6.30. The van der Waals surface area contributed by atoms with E-state index in [-0.39, 0.29) is 31.8 Å². The number of ether oxygens (including phenoxy) is 2. The number of benzene rings is 1. The van der Waals surface area contributed by atoms with Crippen molar-refractivity contribution in [2.24, 2.45) is 0 Å². The van der Waals surface area contributed by atoms with E-state index in [4.69, 9.17) is 16.3 Å². The maximum absolute atomic E-state index is 11.7. The van der Waals surface area contributed by atoms with Crippen molar-refractivity contribution in [2.75, 3.05) is 13.2 Å². The second-order valence-corrected chi connectivity index (χ2v) is 4.33. The van der Waals surface area contributed by atoms with Gasteiger partial charge in [-0.3, -0.25) is 14.4 Å². The van der Waals surface area contributed by atoms with Gasteiger partial charge in [0.1, 0.15) is 0 Å². The van der Waals surface area contributed by atoms with E-state index in [0.717, 1.165) is 0 Å². The zero-order valence-electron chi connectivity index (χ0n) is 11.1. The lowest BCUT2D eigenvalue weighted by molar-refractivity contribution is -0.149. The third-order valence-electron chi connectivity index (χ3n) is 2.37. The summed E-state index contributed by atoms with van der Waals surface area (Å²) >= 11 is 5.70. The summed E-state index contributed by atoms with van der Waals surface area (Å²) in [4.78, 5) is 34.1. The van der Waals surface area contributed by atoms with E-state index < -0.39 is 11.9 Å². The Morgan fingerprint density at radius 1 is 1.00 bits per heavy atom. The minimum absolute atomic E-state index is 0.0538. The number of esters is 2. The molecule has 0 spiro atoms. The summed E-state index contributed by atoms with van der Waals surface area (Å²) in [5.74, 6) is -1.40. The second kappa shape index (κ2) is 8.32. The van der Waals surface area contributed by atoms with Crippen LogP contribution in [0.4, 0.5) is 0 Å². The van der Waals surface area contributed by atoms with Crippen LogP contribution in [0.2, 0.25) is 5.02 Å². The molecule has 108 valence electrons. The quantitative estimate of drug-likeness (QED) is 0.571. The van der Waals surface area contributed by atoms with Crippen molar-refractivity contribution in [3.8, 4) is 0 Å². The zero-order chi connectivity index (χ0) is 15.0. The van der Waals surface area contributed by atoms with E-state index in [2.05, 4.69) is 4.74 Å². The van der Waals surface area contributed by atoms with E-state index in [1.54, 1.807) is 31.2 Å². The van der Waals surface area contributed by atoms with Crippen molar-refractivity contribution in [3.63, 3.8) is 0 Å². The molecule has 0 bridgehead atoms. The average molecular weight is 299 g/mol. The van der Waals surface area contributed by atoms with Gasteiger partial charge >= 0.3 is 11.9 Å². The summed E-state index contributed by atoms with van der Waals surface area (Å²) in [5, 5.41) is 0.521. The van der Waals surface area contributed by atoms with E-state index in [0.29, 0.717) is 10.6 Å². The molecule has 1 aromatic carbocycles. The molecule has 0 aliphatic rings. The van der Waals surface area contributed by atoms with Crippen LogP contribution in [-0.4, -0.2) is 30.9 Å². The maximum atomic E-state index is 11.7. The highest BCUT2D eigenvalue weighted by atomic mass is 35.5. The predicted octanol–water partition coefficient (Wildman–Crippen LogP) is 2.41. The van der Waals surface area contributed by atoms with Gasteiger partial charge in [0.25, 0.3) is 0 Å². The molecule has 0 N–H and O–H groups in total. The summed E-state index contributed by atoms with van der Waals surface area (Å²) < 4.78 is 9.46. The van der Waals surface area contributed by atoms with Crippen LogP contribution in [0.5, 0.6) is 0 Å². The molecule has 0 aliphatic heterocycles. The average Bonchev–Trinajstić information content (AvgIpc) is 2.43. The van der Waals surface area contributed by atoms with Gasteiger partial charge in [-0.25, -0.2) is 0 Å². The molecule has 6 heteroatoms. The molecule has 1 rings (SSSR count). The third-order valence-corrected chi connectivity index (χ3v) is 2.62. The Balaban J connectivity index is 2.32. The first kappa shape index (κ1) is 16.2. The van der Waals surface area contributed by atoms with Crippen LogP contribution >= 0.6 is 11.6 Å². The number of ketones is 1. The molecular formula is C14H15ClO5. The highest BCUT2D eigenvalue weighted by Crippen LogP contribution is 2.10. The lowest BCUT2D eigenvalue weighted by Gasteiger charge is -2.04. The van der Waals surface area contributed by atoms with Gasteiger partial charge in [-0.05, 0) is 31.2 Å². The highest BCUT2D eigenvalue weighted by Gasteiger charge is 2.12. The lowest BCUT2D eigenvalue weighted by Crippen LogP contribution is -2.15. The Bertz CT molecular complexity index is 481. The van der Waals surface area contributed by atoms with Gasteiger partial charge < -0.3 is 9.47 Å². The fraction of sp³-hybridized carbons (Fsp3) is 0.357. The molecule has 5 nitrogen and oxygen atoms in total. The first-order chi connectivity index (χ1) is 9.52. The van der Waals surface area contributed by atoms with Crippen LogP contribution in [0.1, 0.15) is 30.1 Å². The molecule has 0 amide bonds. The summed E-state index contributed by atoms with van der Waals surface area (Å²) in [6, 6.07) is 6.27. The normalized spacial score (nSPS) is 9.90. The topological polar surface area (TPSA) is 69.7 Å². The van der Waals surface area contributed by atoms with Crippen LogP contribution in [0, 0.1) is 0 Å². The number of halogens is 1. The largest absolute Gasteiger partial charge is 0.466 e. The lowest BCUT2D eigenvalue weighted by atomic mass is 10.1. The molecule has 1 aromatic rings. The second-order valence-electron chi connectivity index (χ2n) is 3.90. The molecule has 0 aliphatic carbocycles. The fourth-order valence-corrected chi connectivity index (χ4v) is 1.50. The summed E-state index contributed by atoms with van der Waals surface area (Å²) in [6.45, 7) is 1.59. The fourth-order valence-electron chi connectivity index (χ4n) is 1.37. The molecule has 20 heavy (non-hydrogen) atoms. The molecule has 0 saturated heterocycles. The van der Waals surface area contributed by atoms with E-state index in [9.17, 15) is 14.4 Å². The molecule has 0 fully saturated rings. The van der Waals surface area contributed by atoms with E-state index in [1.165, 1.54) is 0 Å². The monoisotopic (exact) mass is 298 g/mol. The summed E-state index contributed by atoms with van der Waals surface area (Å²) in [6.07, 6.45) is -0.158. The van der Waals surface area contributed by atoms with Crippen molar-refractivity contribution in [3.05, 3.63) is 34.9 Å². The summed E-state index contributed by atoms with van der Waals surface area (Å²) in [5.41, 5.74) is 0.410. The van der Waals surface area contributed by atoms with Gasteiger partial charge in [0.05, 0.1) is 19.4 Å². The van der Waals surface area contributed by atoms with Crippen molar-refractivity contribution in [2.45, 2.75) is 19.8 Å². The number of carbonyl (C=O) groups is 3. The van der Waals surface area contributed by atoms with Crippen LogP contribution in [0.15, 0.2) is 24.3 Å². The van der Waals surface area contributed by atoms with Gasteiger partial charge in [-0.2, -0.15) is 0 Å². The van der Waals surface area contributed by atoms with Crippen molar-refractivity contribution < 1.29 is 23.9 Å². The molecule has 0 saturated carbocycles. The van der Waals surface area contributed by atoms with Gasteiger partial charge in [0.2, 0.25) is 0 Å². The van der Waals surface area contributed by atoms with Crippen LogP contribution in [0.25, 0.3) is 0 Å². The maximum Gasteiger partial charge on any atom is 0.306 e. The molecule has 0 unspecified atom stereocenters. The summed E-state index contributed by atoms with van der Waals surface area (Å²) in [7, 11) is 0. The molecule has 0 radical (unpaired) electrons. The molecule has 0 atom stereocenters. The van der Waals surface area contributed by atoms with E-state index in [1.807, 2.05) is 0 Å². The predicted molar refractivity (Wildman–Crippen MR) is 72.6 cm³/mol. The standard InChI is InChI=1S/C14H15ClO5/c1-2-19-13(17)7-8-14(18)20-9-12(16)10-3-5-11(15)6-4-10/h3-6H,2,7-9H2,1H3. The van der Waals surface area contributed by atoms with Gasteiger partial charge in [0.15, 0.2) is 12.4 Å². The Hall–Kier alpha value is -1.88. The minimum Gasteiger partial charge on any atom is -0.466 e. The number of hydrogen-bond donors (Lipinski definition) is 0. The molecule has 0 heterocycles. The first-order valence-electron chi connectivity index (χ1n) is 6.13. The van der Waals surface area contributed by atoms with Crippen LogP contribution in [0.3, 0.4) is 0 Å². The smallest absolute Gasteiger partial charge is 0.306 e. The molecular weight excluding hydrogens is 284 g/mol. The molecule has 0 aromatic heterocycles. The van der Waals surface area contributed by atoms with Gasteiger partial charge in [-0.1, -0.05) is 11.6 Å². The van der Waals surface area contributed by atoms with Crippen molar-refractivity contribution >= 4 is 29.3 Å². The van der Waals surface area contributed by atoms with Crippen LogP contribution < -0.4 is 0 Å². The number of rotatable bonds is 7. The Morgan fingerprint density at radius 3 is 2.10 bits per heavy atom. The van der Waals surface area contributed by atoms with E-state index >= 15 is 0 Å². The number of carbonyl (C=O) groups excluding carboxylic acids is 3. The Kier molecular flexibility index (Phi) is 6.73. The van der Waals surface area contributed by atoms with Crippen molar-refractivity contribution in [1.29, 1.82) is 0 Å². The Morgan fingerprint density at radius 2 is 1.55 bits per heavy atom. The SMILES string of the molecule is CCOC(=O)CCC(=O)OCC(=O)c1ccc(Cl)cc1. The first-order valence-corrected chi connectivity index (χ1v) is 6.50. The van der Waals surface area contributed by atoms with Gasteiger partial charge in [-0.15, -0.1) is 0 Å². The number of Topliss-reactive ketones (excluding diaryl/α,β-unsaturated/α-hetero) is 1. The third kappa shape index (κ3) is 5.84. The zero-order valence-corrected chi connectivity index (χ0v) is 11.8. The minimum atomic E-state index is -0.611. The Labute approximate surface area is 121 Å². The van der Waals surface area contributed by atoms with Crippen molar-refractivity contribution in [1.82, 2.24) is 0 Å². The number of hydrogen-bond acceptors (Lipinski definition) is 5. The van der Waals surface area contributed by atoms with Gasteiger partial charge in [0, 0.05) is 10.6 Å². The van der Waals surface area contributed by atoms with Crippen LogP contribution in [-0.2, 0) is 19.1 Å².